The maximum absolute atomic E-state index is 12.6. The number of likely N-dealkylation sites (N-methyl/N-ethyl adjacent to an activating group) is 1. The highest BCUT2D eigenvalue weighted by atomic mass is 16.2. The van der Waals surface area contributed by atoms with Crippen LogP contribution in [0.5, 0.6) is 0 Å². The highest BCUT2D eigenvalue weighted by molar-refractivity contribution is 5.93. The molecule has 0 atom stereocenters. The monoisotopic (exact) mass is 356 g/mol. The molecule has 1 aliphatic rings. The van der Waals surface area contributed by atoms with Crippen LogP contribution in [0, 0.1) is 6.92 Å². The topological polar surface area (TPSA) is 92.2 Å². The van der Waals surface area contributed by atoms with Gasteiger partial charge in [-0.3, -0.25) is 19.3 Å². The van der Waals surface area contributed by atoms with Crippen molar-refractivity contribution in [2.24, 2.45) is 7.05 Å². The zero-order chi connectivity index (χ0) is 18.7. The molecule has 8 heteroatoms. The minimum atomic E-state index is -0.777. The van der Waals surface area contributed by atoms with Crippen LogP contribution < -0.4 is 10.6 Å². The number of pyridine rings is 1. The number of piperidine rings is 1. The molecular formula is C18H24N6O2. The molecule has 1 saturated heterocycles. The summed E-state index contributed by atoms with van der Waals surface area (Å²) >= 11 is 0. The molecule has 2 N–H and O–H groups in total. The van der Waals surface area contributed by atoms with E-state index >= 15 is 0 Å². The third-order valence-electron chi connectivity index (χ3n) is 4.78. The third-order valence-corrected chi connectivity index (χ3v) is 4.78. The molecule has 2 aromatic rings. The van der Waals surface area contributed by atoms with Crippen molar-refractivity contribution in [1.29, 1.82) is 0 Å². The van der Waals surface area contributed by atoms with Gasteiger partial charge in [-0.15, -0.1) is 0 Å². The fourth-order valence-electron chi connectivity index (χ4n) is 3.22. The molecule has 26 heavy (non-hydrogen) atoms. The van der Waals surface area contributed by atoms with Gasteiger partial charge in [-0.1, -0.05) is 6.07 Å². The number of aryl methyl sites for hydroxylation is 2. The third kappa shape index (κ3) is 3.54. The predicted octanol–water partition coefficient (Wildman–Crippen LogP) is 0.956. The molecule has 0 spiro atoms. The van der Waals surface area contributed by atoms with Crippen LogP contribution in [-0.4, -0.2) is 57.2 Å². The molecule has 0 bridgehead atoms. The number of hydrogen-bond donors (Lipinski definition) is 2. The molecule has 1 fully saturated rings. The number of nitrogens with one attached hydrogen (secondary N) is 2. The maximum Gasteiger partial charge on any atom is 0.272 e. The lowest BCUT2D eigenvalue weighted by Crippen LogP contribution is -2.58. The Morgan fingerprint density at radius 3 is 2.46 bits per heavy atom. The van der Waals surface area contributed by atoms with Crippen LogP contribution in [0.25, 0.3) is 0 Å². The molecule has 138 valence electrons. The van der Waals surface area contributed by atoms with Crippen LogP contribution in [0.4, 0.5) is 5.82 Å². The standard InChI is InChI=1S/C18H24N6O2/c1-13-4-5-14(20-12-13)16(25)24-10-7-18(8-11-24,17(26)19-2)21-15-6-9-23(3)22-15/h4-6,9,12H,7-8,10-11H2,1-3H3,(H,19,26)(H,21,22). The SMILES string of the molecule is CNC(=O)C1(Nc2ccn(C)n2)CCN(C(=O)c2ccc(C)cn2)CC1. The van der Waals surface area contributed by atoms with E-state index in [-0.39, 0.29) is 11.8 Å². The molecule has 0 aliphatic carbocycles. The van der Waals surface area contributed by atoms with Crippen molar-refractivity contribution in [2.45, 2.75) is 25.3 Å². The smallest absolute Gasteiger partial charge is 0.272 e. The first kappa shape index (κ1) is 17.9. The first-order valence-electron chi connectivity index (χ1n) is 8.65. The first-order valence-corrected chi connectivity index (χ1v) is 8.65. The van der Waals surface area contributed by atoms with E-state index in [1.54, 1.807) is 28.9 Å². The summed E-state index contributed by atoms with van der Waals surface area (Å²) in [6.45, 7) is 2.88. The summed E-state index contributed by atoms with van der Waals surface area (Å²) in [5, 5.41) is 10.3. The van der Waals surface area contributed by atoms with E-state index in [1.165, 1.54) is 0 Å². The van der Waals surface area contributed by atoms with Crippen molar-refractivity contribution >= 4 is 17.6 Å². The van der Waals surface area contributed by atoms with Crippen molar-refractivity contribution in [3.05, 3.63) is 41.9 Å². The average molecular weight is 356 g/mol. The zero-order valence-electron chi connectivity index (χ0n) is 15.3. The number of aromatic nitrogens is 3. The summed E-state index contributed by atoms with van der Waals surface area (Å²) in [7, 11) is 3.45. The normalized spacial score (nSPS) is 16.2. The highest BCUT2D eigenvalue weighted by Crippen LogP contribution is 2.27. The number of rotatable bonds is 4. The molecule has 8 nitrogen and oxygen atoms in total. The second-order valence-corrected chi connectivity index (χ2v) is 6.67. The van der Waals surface area contributed by atoms with Crippen molar-refractivity contribution in [3.8, 4) is 0 Å². The Bertz CT molecular complexity index is 790. The maximum atomic E-state index is 12.6. The van der Waals surface area contributed by atoms with E-state index in [9.17, 15) is 9.59 Å². The van der Waals surface area contributed by atoms with Crippen LogP contribution in [0.2, 0.25) is 0 Å². The quantitative estimate of drug-likeness (QED) is 0.851. The van der Waals surface area contributed by atoms with Crippen molar-refractivity contribution in [3.63, 3.8) is 0 Å². The lowest BCUT2D eigenvalue weighted by molar-refractivity contribution is -0.126. The number of hydrogen-bond acceptors (Lipinski definition) is 5. The molecule has 0 saturated carbocycles. The highest BCUT2D eigenvalue weighted by Gasteiger charge is 2.42. The minimum absolute atomic E-state index is 0.0938. The van der Waals surface area contributed by atoms with E-state index < -0.39 is 5.54 Å². The van der Waals surface area contributed by atoms with E-state index in [4.69, 9.17) is 0 Å². The fourth-order valence-corrected chi connectivity index (χ4v) is 3.22. The van der Waals surface area contributed by atoms with Gasteiger partial charge in [0, 0.05) is 45.6 Å². The summed E-state index contributed by atoms with van der Waals surface area (Å²) in [4.78, 5) is 31.2. The van der Waals surface area contributed by atoms with Gasteiger partial charge in [0.1, 0.15) is 17.1 Å². The lowest BCUT2D eigenvalue weighted by Gasteiger charge is -2.40. The molecule has 2 aromatic heterocycles. The van der Waals surface area contributed by atoms with Crippen LogP contribution in [0.15, 0.2) is 30.6 Å². The van der Waals surface area contributed by atoms with Gasteiger partial charge in [0.15, 0.2) is 0 Å². The molecule has 3 heterocycles. The van der Waals surface area contributed by atoms with Gasteiger partial charge in [0.05, 0.1) is 0 Å². The van der Waals surface area contributed by atoms with Gasteiger partial charge in [-0.05, 0) is 31.4 Å². The summed E-state index contributed by atoms with van der Waals surface area (Å²) in [5.74, 6) is 0.452. The molecular weight excluding hydrogens is 332 g/mol. The Labute approximate surface area is 152 Å². The van der Waals surface area contributed by atoms with Gasteiger partial charge < -0.3 is 15.5 Å². The second-order valence-electron chi connectivity index (χ2n) is 6.67. The number of amides is 2. The number of carbonyl (C=O) groups excluding carboxylic acids is 2. The Hall–Kier alpha value is -2.90. The number of anilines is 1. The fraction of sp³-hybridized carbons (Fsp3) is 0.444. The lowest BCUT2D eigenvalue weighted by atomic mass is 9.86. The average Bonchev–Trinajstić information content (AvgIpc) is 3.06. The Morgan fingerprint density at radius 1 is 1.19 bits per heavy atom. The summed E-state index contributed by atoms with van der Waals surface area (Å²) < 4.78 is 1.68. The number of nitrogens with zero attached hydrogens (tertiary/aromatic N) is 4. The van der Waals surface area contributed by atoms with Gasteiger partial charge in [-0.25, -0.2) is 0 Å². The van der Waals surface area contributed by atoms with Crippen LogP contribution >= 0.6 is 0 Å². The largest absolute Gasteiger partial charge is 0.357 e. The van der Waals surface area contributed by atoms with E-state index in [1.807, 2.05) is 32.3 Å². The van der Waals surface area contributed by atoms with E-state index in [0.717, 1.165) is 5.56 Å². The van der Waals surface area contributed by atoms with Crippen molar-refractivity contribution in [1.82, 2.24) is 25.0 Å². The van der Waals surface area contributed by atoms with Gasteiger partial charge >= 0.3 is 0 Å². The molecule has 3 rings (SSSR count). The Balaban J connectivity index is 1.72. The molecule has 0 unspecified atom stereocenters. The Kier molecular flexibility index (Phi) is 4.92. The van der Waals surface area contributed by atoms with Crippen molar-refractivity contribution < 1.29 is 9.59 Å². The summed E-state index contributed by atoms with van der Waals surface area (Å²) in [5.41, 5.74) is 0.666. The number of carbonyl (C=O) groups is 2. The van der Waals surface area contributed by atoms with Gasteiger partial charge in [-0.2, -0.15) is 5.10 Å². The molecule has 2 amide bonds. The second kappa shape index (κ2) is 7.15. The van der Waals surface area contributed by atoms with Crippen LogP contribution in [0.1, 0.15) is 28.9 Å². The van der Waals surface area contributed by atoms with E-state index in [2.05, 4.69) is 20.7 Å². The first-order chi connectivity index (χ1) is 12.4. The van der Waals surface area contributed by atoms with Gasteiger partial charge in [0.2, 0.25) is 5.91 Å². The van der Waals surface area contributed by atoms with E-state index in [0.29, 0.717) is 37.4 Å². The minimum Gasteiger partial charge on any atom is -0.357 e. The molecule has 0 radical (unpaired) electrons. The molecule has 0 aromatic carbocycles. The zero-order valence-corrected chi connectivity index (χ0v) is 15.3. The number of likely N-dealkylation sites (tertiary alicyclic amines) is 1. The van der Waals surface area contributed by atoms with Crippen LogP contribution in [0.3, 0.4) is 0 Å². The Morgan fingerprint density at radius 2 is 1.92 bits per heavy atom. The van der Waals surface area contributed by atoms with Crippen molar-refractivity contribution in [2.75, 3.05) is 25.5 Å². The summed E-state index contributed by atoms with van der Waals surface area (Å²) in [6, 6.07) is 5.45. The van der Waals surface area contributed by atoms with Crippen LogP contribution in [-0.2, 0) is 11.8 Å². The van der Waals surface area contributed by atoms with Gasteiger partial charge in [0.25, 0.3) is 5.91 Å². The molecule has 1 aliphatic heterocycles. The summed E-state index contributed by atoms with van der Waals surface area (Å²) in [6.07, 6.45) is 4.51. The predicted molar refractivity (Wildman–Crippen MR) is 97.7 cm³/mol.